The summed E-state index contributed by atoms with van der Waals surface area (Å²) in [4.78, 5) is 27.6. The van der Waals surface area contributed by atoms with E-state index in [0.29, 0.717) is 42.0 Å². The lowest BCUT2D eigenvalue weighted by molar-refractivity contribution is -0.156. The van der Waals surface area contributed by atoms with Gasteiger partial charge in [-0.15, -0.1) is 0 Å². The van der Waals surface area contributed by atoms with Gasteiger partial charge in [0.2, 0.25) is 11.9 Å². The van der Waals surface area contributed by atoms with Gasteiger partial charge in [-0.25, -0.2) is 19.3 Å². The number of imidazole rings is 1. The van der Waals surface area contributed by atoms with Crippen LogP contribution in [0.2, 0.25) is 5.02 Å². The second-order valence-electron chi connectivity index (χ2n) is 10.8. The molecular weight excluding hydrogens is 515 g/mol. The Bertz CT molecular complexity index is 1410. The lowest BCUT2D eigenvalue weighted by Crippen LogP contribution is -2.48. The number of nitrogens with one attached hydrogen (secondary N) is 1. The minimum atomic E-state index is -0.880. The molecule has 3 aromatic rings. The zero-order valence-electron chi connectivity index (χ0n) is 21.6. The molecule has 12 heteroatoms. The number of anilines is 1. The molecular formula is C26H30ClFN6O4. The Hall–Kier alpha value is -2.86. The minimum absolute atomic E-state index is 0.00828. The highest BCUT2D eigenvalue weighted by Crippen LogP contribution is 2.49. The van der Waals surface area contributed by atoms with Crippen molar-refractivity contribution in [3.63, 3.8) is 0 Å². The molecule has 10 nitrogen and oxygen atoms in total. The highest BCUT2D eigenvalue weighted by molar-refractivity contribution is 6.33. The molecule has 1 saturated carbocycles. The van der Waals surface area contributed by atoms with Crippen molar-refractivity contribution < 1.29 is 23.8 Å². The lowest BCUT2D eigenvalue weighted by Gasteiger charge is -2.32. The van der Waals surface area contributed by atoms with Gasteiger partial charge >= 0.3 is 0 Å². The highest BCUT2D eigenvalue weighted by atomic mass is 35.5. The molecule has 2 saturated heterocycles. The molecule has 0 unspecified atom stereocenters. The fourth-order valence-corrected chi connectivity index (χ4v) is 5.73. The molecule has 1 aromatic carbocycles. The van der Waals surface area contributed by atoms with Crippen LogP contribution < -0.4 is 5.32 Å². The van der Waals surface area contributed by atoms with Crippen molar-refractivity contribution in [2.24, 2.45) is 5.92 Å². The number of halogens is 2. The van der Waals surface area contributed by atoms with E-state index in [1.54, 1.807) is 19.0 Å². The van der Waals surface area contributed by atoms with Crippen LogP contribution in [0.5, 0.6) is 0 Å². The molecule has 202 valence electrons. The van der Waals surface area contributed by atoms with Crippen LogP contribution in [0.25, 0.3) is 22.3 Å². The Morgan fingerprint density at radius 3 is 2.82 bits per heavy atom. The number of aliphatic hydroxyl groups excluding tert-OH is 1. The average molecular weight is 545 g/mol. The van der Waals surface area contributed by atoms with Gasteiger partial charge in [0.25, 0.3) is 0 Å². The van der Waals surface area contributed by atoms with E-state index in [-0.39, 0.29) is 52.4 Å². The molecule has 2 bridgehead atoms. The largest absolute Gasteiger partial charge is 0.386 e. The summed E-state index contributed by atoms with van der Waals surface area (Å²) in [7, 11) is 3.48. The Morgan fingerprint density at radius 1 is 1.29 bits per heavy atom. The van der Waals surface area contributed by atoms with Crippen LogP contribution in [0.15, 0.2) is 18.3 Å². The molecule has 4 heterocycles. The Kier molecular flexibility index (Phi) is 6.29. The Labute approximate surface area is 224 Å². The SMILES string of the molecule is CC(C)n1c([C@H]2C[C@@H]2C(=O)N(C)C)nc2c(F)cc(-c3nc(N[C@@H]4C[C@H]5CO[C@H](O5)[C@H]4O)ncc3Cl)cc21. The summed E-state index contributed by atoms with van der Waals surface area (Å²) in [5.74, 6) is 0.343. The van der Waals surface area contributed by atoms with Gasteiger partial charge in [0, 0.05) is 37.5 Å². The first-order chi connectivity index (χ1) is 18.1. The third-order valence-electron chi connectivity index (χ3n) is 7.49. The zero-order valence-corrected chi connectivity index (χ0v) is 22.3. The van der Waals surface area contributed by atoms with Gasteiger partial charge in [-0.2, -0.15) is 0 Å². The van der Waals surface area contributed by atoms with Crippen molar-refractivity contribution in [3.8, 4) is 11.3 Å². The van der Waals surface area contributed by atoms with Gasteiger partial charge in [-0.3, -0.25) is 4.79 Å². The van der Waals surface area contributed by atoms with Crippen molar-refractivity contribution in [2.75, 3.05) is 26.0 Å². The van der Waals surface area contributed by atoms with Gasteiger partial charge in [0.05, 0.1) is 41.2 Å². The second kappa shape index (κ2) is 9.41. The van der Waals surface area contributed by atoms with Gasteiger partial charge in [-0.05, 0) is 38.8 Å². The number of hydrogen-bond acceptors (Lipinski definition) is 8. The molecule has 1 aliphatic carbocycles. The number of benzene rings is 1. The molecule has 2 aliphatic heterocycles. The Balaban J connectivity index is 1.35. The molecule has 0 radical (unpaired) electrons. The van der Waals surface area contributed by atoms with E-state index in [1.165, 1.54) is 12.3 Å². The highest BCUT2D eigenvalue weighted by Gasteiger charge is 2.48. The zero-order chi connectivity index (χ0) is 26.9. The van der Waals surface area contributed by atoms with E-state index in [4.69, 9.17) is 21.1 Å². The molecule has 6 atom stereocenters. The van der Waals surface area contributed by atoms with Crippen molar-refractivity contribution in [3.05, 3.63) is 35.0 Å². The number of amides is 1. The fraction of sp³-hybridized carbons (Fsp3) is 0.538. The quantitative estimate of drug-likeness (QED) is 0.485. The maximum absolute atomic E-state index is 15.5. The number of carbonyl (C=O) groups excluding carboxylic acids is 1. The van der Waals surface area contributed by atoms with Crippen LogP contribution in [-0.2, 0) is 14.3 Å². The first kappa shape index (κ1) is 25.4. The standard InChI is InChI=1S/C26H30ClFN6O4/c1-11(2)34-19-6-12(5-17(28)21(19)31-23(34)14-8-15(14)24(36)33(3)4)20-16(27)9-29-26(32-20)30-18-7-13-10-37-25(38-13)22(18)35/h5-6,9,11,13-15,18,22,25,35H,7-8,10H2,1-4H3,(H,29,30,32)/t13-,14-,15-,18+,22-,25+/m0/s1. The maximum Gasteiger partial charge on any atom is 0.225 e. The Morgan fingerprint density at radius 2 is 2.08 bits per heavy atom. The molecule has 38 heavy (non-hydrogen) atoms. The summed E-state index contributed by atoms with van der Waals surface area (Å²) in [5, 5.41) is 14.0. The summed E-state index contributed by atoms with van der Waals surface area (Å²) in [5.41, 5.74) is 1.71. The summed E-state index contributed by atoms with van der Waals surface area (Å²) in [6.07, 6.45) is 1.02. The number of ether oxygens (including phenoxy) is 2. The van der Waals surface area contributed by atoms with Crippen LogP contribution >= 0.6 is 11.6 Å². The van der Waals surface area contributed by atoms with Crippen LogP contribution in [-0.4, -0.2) is 80.7 Å². The van der Waals surface area contributed by atoms with E-state index >= 15 is 4.39 Å². The van der Waals surface area contributed by atoms with E-state index in [1.807, 2.05) is 24.5 Å². The predicted molar refractivity (Wildman–Crippen MR) is 138 cm³/mol. The van der Waals surface area contributed by atoms with Crippen molar-refractivity contribution >= 4 is 34.5 Å². The van der Waals surface area contributed by atoms with Crippen LogP contribution in [0.4, 0.5) is 10.3 Å². The molecule has 1 amide bonds. The van der Waals surface area contributed by atoms with E-state index < -0.39 is 18.2 Å². The minimum Gasteiger partial charge on any atom is -0.386 e. The van der Waals surface area contributed by atoms with Crippen LogP contribution in [0, 0.1) is 11.7 Å². The molecule has 3 fully saturated rings. The van der Waals surface area contributed by atoms with Crippen LogP contribution in [0.1, 0.15) is 44.5 Å². The average Bonchev–Trinajstić information content (AvgIpc) is 3.40. The molecule has 0 spiro atoms. The van der Waals surface area contributed by atoms with Crippen molar-refractivity contribution in [1.29, 1.82) is 0 Å². The van der Waals surface area contributed by atoms with Crippen molar-refractivity contribution in [1.82, 2.24) is 24.4 Å². The first-order valence-electron chi connectivity index (χ1n) is 12.8. The number of aromatic nitrogens is 4. The van der Waals surface area contributed by atoms with Crippen LogP contribution in [0.3, 0.4) is 0 Å². The molecule has 6 rings (SSSR count). The predicted octanol–water partition coefficient (Wildman–Crippen LogP) is 3.35. The number of carbonyl (C=O) groups is 1. The topological polar surface area (TPSA) is 115 Å². The summed E-state index contributed by atoms with van der Waals surface area (Å²) < 4.78 is 28.5. The smallest absolute Gasteiger partial charge is 0.225 e. The van der Waals surface area contributed by atoms with Gasteiger partial charge in [-0.1, -0.05) is 11.6 Å². The lowest BCUT2D eigenvalue weighted by atomic mass is 10.0. The second-order valence-corrected chi connectivity index (χ2v) is 11.2. The third kappa shape index (κ3) is 4.31. The first-order valence-corrected chi connectivity index (χ1v) is 13.2. The molecule has 2 aromatic heterocycles. The van der Waals surface area contributed by atoms with E-state index in [0.717, 1.165) is 0 Å². The summed E-state index contributed by atoms with van der Waals surface area (Å²) in [6, 6.07) is 2.83. The number of hydrogen-bond donors (Lipinski definition) is 2. The summed E-state index contributed by atoms with van der Waals surface area (Å²) in [6.45, 7) is 4.45. The monoisotopic (exact) mass is 544 g/mol. The normalized spacial score (nSPS) is 28.2. The maximum atomic E-state index is 15.5. The van der Waals surface area contributed by atoms with Gasteiger partial charge in [0.1, 0.15) is 17.4 Å². The van der Waals surface area contributed by atoms with E-state index in [9.17, 15) is 9.90 Å². The number of rotatable bonds is 6. The van der Waals surface area contributed by atoms with Crippen molar-refractivity contribution in [2.45, 2.75) is 63.2 Å². The number of nitrogens with zero attached hydrogens (tertiary/aromatic N) is 5. The number of aliphatic hydroxyl groups is 1. The number of fused-ring (bicyclic) bond motifs is 3. The molecule has 2 N–H and O–H groups in total. The third-order valence-corrected chi connectivity index (χ3v) is 7.76. The molecule has 3 aliphatic rings. The summed E-state index contributed by atoms with van der Waals surface area (Å²) >= 11 is 6.48. The fourth-order valence-electron chi connectivity index (χ4n) is 5.53. The van der Waals surface area contributed by atoms with Gasteiger partial charge < -0.3 is 29.4 Å². The van der Waals surface area contributed by atoms with E-state index in [2.05, 4.69) is 20.3 Å². The van der Waals surface area contributed by atoms with Gasteiger partial charge in [0.15, 0.2) is 12.1 Å².